The molecule has 0 aliphatic carbocycles. The van der Waals surface area contributed by atoms with Gasteiger partial charge >= 0.3 is 5.69 Å². The highest BCUT2D eigenvalue weighted by molar-refractivity contribution is 5.96. The van der Waals surface area contributed by atoms with Crippen molar-refractivity contribution in [2.45, 2.75) is 26.4 Å². The number of fused-ring (bicyclic) bond motifs is 1. The molecule has 0 radical (unpaired) electrons. The van der Waals surface area contributed by atoms with E-state index in [1.165, 1.54) is 11.1 Å². The van der Waals surface area contributed by atoms with E-state index < -0.39 is 0 Å². The van der Waals surface area contributed by atoms with Crippen LogP contribution in [-0.4, -0.2) is 33.9 Å². The minimum Gasteiger partial charge on any atom is -0.325 e. The number of likely N-dealkylation sites (N-methyl/N-ethyl adjacent to an activating group) is 1. The molecule has 3 N–H and O–H groups in total. The molecule has 0 aliphatic rings. The van der Waals surface area contributed by atoms with Crippen LogP contribution < -0.4 is 11.0 Å². The first-order chi connectivity index (χ1) is 11.9. The quantitative estimate of drug-likeness (QED) is 0.669. The molecule has 3 rings (SSSR count). The molecule has 0 fully saturated rings. The highest BCUT2D eigenvalue weighted by Crippen LogP contribution is 2.16. The van der Waals surface area contributed by atoms with Gasteiger partial charge in [-0.05, 0) is 44.7 Å². The number of imidazole rings is 1. The SMILES string of the molecule is Cc1ccc(CN(C)[C@H](C)C(=O)Nc2ccc3[nH]c(=O)[nH]c3c2)cc1. The van der Waals surface area contributed by atoms with Gasteiger partial charge in [0.05, 0.1) is 17.1 Å². The molecule has 0 saturated heterocycles. The summed E-state index contributed by atoms with van der Waals surface area (Å²) in [5, 5.41) is 2.90. The van der Waals surface area contributed by atoms with Crippen LogP contribution in [-0.2, 0) is 11.3 Å². The van der Waals surface area contributed by atoms with E-state index in [1.807, 2.05) is 18.9 Å². The van der Waals surface area contributed by atoms with Gasteiger partial charge in [-0.25, -0.2) is 4.79 Å². The first kappa shape index (κ1) is 17.0. The van der Waals surface area contributed by atoms with Gasteiger partial charge in [0.2, 0.25) is 5.91 Å². The fraction of sp³-hybridized carbons (Fsp3) is 0.263. The van der Waals surface area contributed by atoms with Crippen molar-refractivity contribution in [3.05, 3.63) is 64.1 Å². The van der Waals surface area contributed by atoms with E-state index in [9.17, 15) is 9.59 Å². The number of amides is 1. The summed E-state index contributed by atoms with van der Waals surface area (Å²) in [6.07, 6.45) is 0. The molecule has 0 aliphatic heterocycles. The Morgan fingerprint density at radius 2 is 1.80 bits per heavy atom. The molecule has 2 aromatic carbocycles. The fourth-order valence-corrected chi connectivity index (χ4v) is 2.68. The standard InChI is InChI=1S/C19H22N4O2/c1-12-4-6-14(7-5-12)11-23(3)13(2)18(24)20-15-8-9-16-17(10-15)22-19(25)21-16/h4-10,13H,11H2,1-3H3,(H,20,24)(H2,21,22,25)/t13-/m1/s1. The minimum absolute atomic E-state index is 0.0909. The average molecular weight is 338 g/mol. The lowest BCUT2D eigenvalue weighted by molar-refractivity contribution is -0.120. The summed E-state index contributed by atoms with van der Waals surface area (Å²) in [5.74, 6) is -0.0909. The first-order valence-electron chi connectivity index (χ1n) is 8.21. The van der Waals surface area contributed by atoms with Gasteiger partial charge in [-0.3, -0.25) is 9.69 Å². The van der Waals surface area contributed by atoms with Crippen molar-refractivity contribution in [2.24, 2.45) is 0 Å². The van der Waals surface area contributed by atoms with Crippen molar-refractivity contribution in [3.63, 3.8) is 0 Å². The highest BCUT2D eigenvalue weighted by atomic mass is 16.2. The molecule has 1 aromatic heterocycles. The molecular formula is C19H22N4O2. The van der Waals surface area contributed by atoms with Crippen LogP contribution >= 0.6 is 0 Å². The third-order valence-electron chi connectivity index (χ3n) is 4.38. The number of anilines is 1. The van der Waals surface area contributed by atoms with Crippen molar-refractivity contribution < 1.29 is 4.79 Å². The van der Waals surface area contributed by atoms with Crippen LogP contribution in [0.15, 0.2) is 47.3 Å². The third-order valence-corrected chi connectivity index (χ3v) is 4.38. The summed E-state index contributed by atoms with van der Waals surface area (Å²) in [4.78, 5) is 31.2. The van der Waals surface area contributed by atoms with Crippen LogP contribution in [0.5, 0.6) is 0 Å². The molecule has 0 bridgehead atoms. The zero-order chi connectivity index (χ0) is 18.0. The normalized spacial score (nSPS) is 12.5. The second-order valence-corrected chi connectivity index (χ2v) is 6.41. The molecule has 6 heteroatoms. The number of aryl methyl sites for hydroxylation is 1. The lowest BCUT2D eigenvalue weighted by Gasteiger charge is -2.24. The Balaban J connectivity index is 1.66. The molecule has 1 heterocycles. The number of benzene rings is 2. The molecule has 6 nitrogen and oxygen atoms in total. The average Bonchev–Trinajstić information content (AvgIpc) is 2.95. The van der Waals surface area contributed by atoms with Gasteiger partial charge in [0.25, 0.3) is 0 Å². The largest absolute Gasteiger partial charge is 0.325 e. The van der Waals surface area contributed by atoms with Crippen molar-refractivity contribution in [1.29, 1.82) is 0 Å². The number of carbonyl (C=O) groups is 1. The number of rotatable bonds is 5. The van der Waals surface area contributed by atoms with Gasteiger partial charge in [0.15, 0.2) is 0 Å². The van der Waals surface area contributed by atoms with E-state index in [1.54, 1.807) is 18.2 Å². The second kappa shape index (κ2) is 6.94. The summed E-state index contributed by atoms with van der Waals surface area (Å²) in [7, 11) is 1.93. The smallest absolute Gasteiger partial charge is 0.323 e. The molecule has 25 heavy (non-hydrogen) atoms. The summed E-state index contributed by atoms with van der Waals surface area (Å²) >= 11 is 0. The van der Waals surface area contributed by atoms with Crippen molar-refractivity contribution in [1.82, 2.24) is 14.9 Å². The van der Waals surface area contributed by atoms with Crippen molar-refractivity contribution >= 4 is 22.6 Å². The lowest BCUT2D eigenvalue weighted by Crippen LogP contribution is -2.39. The van der Waals surface area contributed by atoms with Crippen LogP contribution in [0.3, 0.4) is 0 Å². The zero-order valence-electron chi connectivity index (χ0n) is 14.6. The Morgan fingerprint density at radius 3 is 2.52 bits per heavy atom. The molecule has 1 amide bonds. The van der Waals surface area contributed by atoms with E-state index in [0.717, 1.165) is 0 Å². The second-order valence-electron chi connectivity index (χ2n) is 6.41. The maximum Gasteiger partial charge on any atom is 0.323 e. The van der Waals surface area contributed by atoms with E-state index in [4.69, 9.17) is 0 Å². The van der Waals surface area contributed by atoms with Crippen molar-refractivity contribution in [2.75, 3.05) is 12.4 Å². The van der Waals surface area contributed by atoms with Crippen LogP contribution in [0.1, 0.15) is 18.1 Å². The number of carbonyl (C=O) groups excluding carboxylic acids is 1. The topological polar surface area (TPSA) is 81.0 Å². The van der Waals surface area contributed by atoms with Gasteiger partial charge in [-0.1, -0.05) is 29.8 Å². The number of hydrogen-bond donors (Lipinski definition) is 3. The molecule has 0 spiro atoms. The van der Waals surface area contributed by atoms with Crippen LogP contribution in [0.25, 0.3) is 11.0 Å². The van der Waals surface area contributed by atoms with E-state index in [2.05, 4.69) is 46.5 Å². The van der Waals surface area contributed by atoms with Gasteiger partial charge in [-0.2, -0.15) is 0 Å². The summed E-state index contributed by atoms with van der Waals surface area (Å²) < 4.78 is 0. The lowest BCUT2D eigenvalue weighted by atomic mass is 10.1. The summed E-state index contributed by atoms with van der Waals surface area (Å²) in [6.45, 7) is 4.62. The van der Waals surface area contributed by atoms with Gasteiger partial charge < -0.3 is 15.3 Å². The van der Waals surface area contributed by atoms with Gasteiger partial charge in [-0.15, -0.1) is 0 Å². The maximum atomic E-state index is 12.5. The van der Waals surface area contributed by atoms with E-state index in [-0.39, 0.29) is 17.6 Å². The van der Waals surface area contributed by atoms with E-state index >= 15 is 0 Å². The number of aromatic amines is 2. The Morgan fingerprint density at radius 1 is 1.12 bits per heavy atom. The number of aromatic nitrogens is 2. The Labute approximate surface area is 145 Å². The van der Waals surface area contributed by atoms with Crippen molar-refractivity contribution in [3.8, 4) is 0 Å². The number of nitrogens with zero attached hydrogens (tertiary/aromatic N) is 1. The molecular weight excluding hydrogens is 316 g/mol. The monoisotopic (exact) mass is 338 g/mol. The number of nitrogens with one attached hydrogen (secondary N) is 3. The number of hydrogen-bond acceptors (Lipinski definition) is 3. The Hall–Kier alpha value is -2.86. The minimum atomic E-state index is -0.290. The first-order valence-corrected chi connectivity index (χ1v) is 8.21. The van der Waals surface area contributed by atoms with E-state index in [0.29, 0.717) is 23.3 Å². The Kier molecular flexibility index (Phi) is 4.72. The third kappa shape index (κ3) is 3.97. The molecule has 130 valence electrons. The summed E-state index contributed by atoms with van der Waals surface area (Å²) in [5.41, 5.74) is 4.17. The molecule has 3 aromatic rings. The molecule has 0 saturated carbocycles. The molecule has 1 atom stereocenters. The zero-order valence-corrected chi connectivity index (χ0v) is 14.6. The van der Waals surface area contributed by atoms with Crippen LogP contribution in [0.2, 0.25) is 0 Å². The predicted molar refractivity (Wildman–Crippen MR) is 99.7 cm³/mol. The summed E-state index contributed by atoms with van der Waals surface area (Å²) in [6, 6.07) is 13.3. The van der Waals surface area contributed by atoms with Gasteiger partial charge in [0, 0.05) is 12.2 Å². The van der Waals surface area contributed by atoms with Crippen LogP contribution in [0, 0.1) is 6.92 Å². The number of H-pyrrole nitrogens is 2. The predicted octanol–water partition coefficient (Wildman–Crippen LogP) is 2.62. The van der Waals surface area contributed by atoms with Crippen LogP contribution in [0.4, 0.5) is 5.69 Å². The van der Waals surface area contributed by atoms with Gasteiger partial charge in [0.1, 0.15) is 0 Å². The molecule has 0 unspecified atom stereocenters. The highest BCUT2D eigenvalue weighted by Gasteiger charge is 2.18. The Bertz CT molecular complexity index is 940. The fourth-order valence-electron chi connectivity index (χ4n) is 2.68. The maximum absolute atomic E-state index is 12.5.